The zero-order valence-electron chi connectivity index (χ0n) is 8.57. The molecule has 0 fully saturated rings. The Bertz CT molecular complexity index is 199. The van der Waals surface area contributed by atoms with E-state index in [-0.39, 0.29) is 11.4 Å². The lowest BCUT2D eigenvalue weighted by atomic mass is 10.2. The van der Waals surface area contributed by atoms with Crippen LogP contribution in [0.15, 0.2) is 11.8 Å². The molecular formula is C9H17NO3. The second kappa shape index (κ2) is 5.72. The third-order valence-corrected chi connectivity index (χ3v) is 1.39. The summed E-state index contributed by atoms with van der Waals surface area (Å²) < 4.78 is 4.91. The minimum Gasteiger partial charge on any atom is -0.383 e. The van der Waals surface area contributed by atoms with Gasteiger partial charge < -0.3 is 14.7 Å². The van der Waals surface area contributed by atoms with Gasteiger partial charge in [0.05, 0.1) is 5.57 Å². The van der Waals surface area contributed by atoms with E-state index in [0.717, 1.165) is 0 Å². The topological polar surface area (TPSA) is 49.8 Å². The molecule has 1 unspecified atom stereocenters. The number of ketones is 1. The fraction of sp³-hybridized carbons (Fsp3) is 0.667. The SMILES string of the molecule is CCOC(O)/C(=C\N(C)C)C(C)=O. The maximum Gasteiger partial charge on any atom is 0.186 e. The van der Waals surface area contributed by atoms with E-state index in [1.54, 1.807) is 32.1 Å². The largest absolute Gasteiger partial charge is 0.383 e. The Balaban J connectivity index is 4.51. The van der Waals surface area contributed by atoms with Gasteiger partial charge in [0.2, 0.25) is 0 Å². The highest BCUT2D eigenvalue weighted by Crippen LogP contribution is 2.06. The number of Topliss-reactive ketones (excluding diaryl/α,β-unsaturated/α-hetero) is 1. The second-order valence-electron chi connectivity index (χ2n) is 2.91. The summed E-state index contributed by atoms with van der Waals surface area (Å²) in [6.45, 7) is 3.54. The summed E-state index contributed by atoms with van der Waals surface area (Å²) in [4.78, 5) is 12.8. The van der Waals surface area contributed by atoms with Gasteiger partial charge in [0.15, 0.2) is 12.1 Å². The summed E-state index contributed by atoms with van der Waals surface area (Å²) in [5.74, 6) is -0.186. The molecule has 4 nitrogen and oxygen atoms in total. The number of ether oxygens (including phenoxy) is 1. The van der Waals surface area contributed by atoms with E-state index in [4.69, 9.17) is 4.74 Å². The number of aliphatic hydroxyl groups excluding tert-OH is 1. The molecule has 0 aromatic rings. The summed E-state index contributed by atoms with van der Waals surface area (Å²) in [7, 11) is 3.56. The van der Waals surface area contributed by atoms with Gasteiger partial charge in [-0.15, -0.1) is 0 Å². The van der Waals surface area contributed by atoms with Crippen molar-refractivity contribution in [3.63, 3.8) is 0 Å². The fourth-order valence-corrected chi connectivity index (χ4v) is 0.854. The average Bonchev–Trinajstić information content (AvgIpc) is 1.99. The molecule has 0 aliphatic heterocycles. The molecular weight excluding hydrogens is 170 g/mol. The van der Waals surface area contributed by atoms with Crippen molar-refractivity contribution in [3.8, 4) is 0 Å². The molecule has 0 saturated heterocycles. The van der Waals surface area contributed by atoms with Crippen LogP contribution in [0.3, 0.4) is 0 Å². The number of nitrogens with zero attached hydrogens (tertiary/aromatic N) is 1. The summed E-state index contributed by atoms with van der Waals surface area (Å²) in [5, 5.41) is 9.39. The van der Waals surface area contributed by atoms with Crippen LogP contribution in [0, 0.1) is 0 Å². The molecule has 0 aromatic carbocycles. The van der Waals surface area contributed by atoms with Crippen molar-refractivity contribution in [2.24, 2.45) is 0 Å². The van der Waals surface area contributed by atoms with E-state index >= 15 is 0 Å². The predicted molar refractivity (Wildman–Crippen MR) is 50.1 cm³/mol. The molecule has 0 radical (unpaired) electrons. The lowest BCUT2D eigenvalue weighted by molar-refractivity contribution is -0.120. The van der Waals surface area contributed by atoms with Crippen molar-refractivity contribution in [2.45, 2.75) is 20.1 Å². The monoisotopic (exact) mass is 187 g/mol. The average molecular weight is 187 g/mol. The van der Waals surface area contributed by atoms with Crippen LogP contribution >= 0.6 is 0 Å². The Labute approximate surface area is 78.8 Å². The number of carbonyl (C=O) groups is 1. The highest BCUT2D eigenvalue weighted by molar-refractivity contribution is 5.93. The maximum absolute atomic E-state index is 11.1. The van der Waals surface area contributed by atoms with E-state index in [9.17, 15) is 9.90 Å². The normalized spacial score (nSPS) is 14.1. The van der Waals surface area contributed by atoms with Crippen LogP contribution in [-0.2, 0) is 9.53 Å². The van der Waals surface area contributed by atoms with Gasteiger partial charge in [0.1, 0.15) is 0 Å². The van der Waals surface area contributed by atoms with Gasteiger partial charge in [-0.25, -0.2) is 0 Å². The minimum absolute atomic E-state index is 0.186. The molecule has 0 heterocycles. The van der Waals surface area contributed by atoms with Gasteiger partial charge in [-0.3, -0.25) is 4.79 Å². The molecule has 0 saturated carbocycles. The molecule has 4 heteroatoms. The smallest absolute Gasteiger partial charge is 0.186 e. The van der Waals surface area contributed by atoms with Crippen LogP contribution in [0.25, 0.3) is 0 Å². The number of carbonyl (C=O) groups excluding carboxylic acids is 1. The molecule has 0 aromatic heterocycles. The molecule has 76 valence electrons. The van der Waals surface area contributed by atoms with Gasteiger partial charge in [-0.05, 0) is 13.8 Å². The first-order valence-corrected chi connectivity index (χ1v) is 4.17. The van der Waals surface area contributed by atoms with Crippen molar-refractivity contribution in [3.05, 3.63) is 11.8 Å². The molecule has 0 rings (SSSR count). The first-order valence-electron chi connectivity index (χ1n) is 4.17. The molecule has 0 aliphatic rings. The number of aliphatic hydroxyl groups is 1. The highest BCUT2D eigenvalue weighted by atomic mass is 16.6. The van der Waals surface area contributed by atoms with Crippen LogP contribution < -0.4 is 0 Å². The van der Waals surface area contributed by atoms with Crippen LogP contribution in [0.5, 0.6) is 0 Å². The van der Waals surface area contributed by atoms with Crippen molar-refractivity contribution in [1.29, 1.82) is 0 Å². The Hall–Kier alpha value is -0.870. The zero-order chi connectivity index (χ0) is 10.4. The summed E-state index contributed by atoms with van der Waals surface area (Å²) >= 11 is 0. The van der Waals surface area contributed by atoms with E-state index < -0.39 is 6.29 Å². The zero-order valence-corrected chi connectivity index (χ0v) is 8.57. The number of rotatable bonds is 5. The molecule has 0 aliphatic carbocycles. The van der Waals surface area contributed by atoms with Gasteiger partial charge in [-0.1, -0.05) is 0 Å². The van der Waals surface area contributed by atoms with E-state index in [2.05, 4.69) is 0 Å². The third-order valence-electron chi connectivity index (χ3n) is 1.39. The first-order chi connectivity index (χ1) is 5.99. The molecule has 0 amide bonds. The Morgan fingerprint density at radius 1 is 1.62 bits per heavy atom. The predicted octanol–water partition coefficient (Wildman–Crippen LogP) is 0.376. The van der Waals surface area contributed by atoms with Crippen LogP contribution in [0.1, 0.15) is 13.8 Å². The fourth-order valence-electron chi connectivity index (χ4n) is 0.854. The van der Waals surface area contributed by atoms with Crippen molar-refractivity contribution < 1.29 is 14.6 Å². The number of hydrogen-bond acceptors (Lipinski definition) is 4. The van der Waals surface area contributed by atoms with Crippen molar-refractivity contribution in [1.82, 2.24) is 4.90 Å². The van der Waals surface area contributed by atoms with E-state index in [1.807, 2.05) is 0 Å². The molecule has 13 heavy (non-hydrogen) atoms. The molecule has 0 spiro atoms. The van der Waals surface area contributed by atoms with Crippen molar-refractivity contribution in [2.75, 3.05) is 20.7 Å². The maximum atomic E-state index is 11.1. The van der Waals surface area contributed by atoms with Crippen molar-refractivity contribution >= 4 is 5.78 Å². The Morgan fingerprint density at radius 3 is 2.46 bits per heavy atom. The van der Waals surface area contributed by atoms with Crippen LogP contribution in [0.2, 0.25) is 0 Å². The lowest BCUT2D eigenvalue weighted by Gasteiger charge is -2.15. The summed E-state index contributed by atoms with van der Waals surface area (Å²) in [6.07, 6.45) is 0.438. The van der Waals surface area contributed by atoms with E-state index in [1.165, 1.54) is 6.92 Å². The molecule has 1 N–H and O–H groups in total. The lowest BCUT2D eigenvalue weighted by Crippen LogP contribution is -2.22. The van der Waals surface area contributed by atoms with Gasteiger partial charge in [-0.2, -0.15) is 0 Å². The second-order valence-corrected chi connectivity index (χ2v) is 2.91. The Kier molecular flexibility index (Phi) is 5.34. The highest BCUT2D eigenvalue weighted by Gasteiger charge is 2.15. The quantitative estimate of drug-likeness (QED) is 0.499. The third kappa shape index (κ3) is 4.65. The summed E-state index contributed by atoms with van der Waals surface area (Å²) in [5.41, 5.74) is 0.270. The molecule has 1 atom stereocenters. The number of hydrogen-bond donors (Lipinski definition) is 1. The first kappa shape index (κ1) is 12.1. The summed E-state index contributed by atoms with van der Waals surface area (Å²) in [6, 6.07) is 0. The Morgan fingerprint density at radius 2 is 2.15 bits per heavy atom. The van der Waals surface area contributed by atoms with Crippen LogP contribution in [0.4, 0.5) is 0 Å². The van der Waals surface area contributed by atoms with Gasteiger partial charge in [0.25, 0.3) is 0 Å². The van der Waals surface area contributed by atoms with Gasteiger partial charge >= 0.3 is 0 Å². The van der Waals surface area contributed by atoms with E-state index in [0.29, 0.717) is 6.61 Å². The molecule has 0 bridgehead atoms. The van der Waals surface area contributed by atoms with Gasteiger partial charge in [0, 0.05) is 26.9 Å². The standard InChI is InChI=1S/C9H17NO3/c1-5-13-9(12)8(7(2)11)6-10(3)4/h6,9,12H,5H2,1-4H3/b8-6-. The minimum atomic E-state index is -1.12. The van der Waals surface area contributed by atoms with Crippen LogP contribution in [-0.4, -0.2) is 42.8 Å².